The molecule has 1 atom stereocenters. The summed E-state index contributed by atoms with van der Waals surface area (Å²) in [4.78, 5) is 29.6. The summed E-state index contributed by atoms with van der Waals surface area (Å²) in [5.41, 5.74) is 1.26. The molecule has 3 rings (SSSR count). The van der Waals surface area contributed by atoms with Crippen molar-refractivity contribution >= 4 is 29.0 Å². The number of thiazole rings is 1. The number of aromatic amines is 1. The lowest BCUT2D eigenvalue weighted by atomic mass is 10.0. The third-order valence-corrected chi connectivity index (χ3v) is 4.74. The Morgan fingerprint density at radius 2 is 1.96 bits per heavy atom. The zero-order chi connectivity index (χ0) is 19.2. The molecule has 0 radical (unpaired) electrons. The lowest BCUT2D eigenvalue weighted by Gasteiger charge is -2.19. The Balaban J connectivity index is 1.70. The maximum absolute atomic E-state index is 12.6. The number of amides is 2. The molecular formula is C19H21N5O2S. The van der Waals surface area contributed by atoms with Crippen LogP contribution in [0, 0.1) is 5.92 Å². The predicted octanol–water partition coefficient (Wildman–Crippen LogP) is 3.32. The molecule has 0 bridgehead atoms. The predicted molar refractivity (Wildman–Crippen MR) is 105 cm³/mol. The Kier molecular flexibility index (Phi) is 5.97. The fourth-order valence-electron chi connectivity index (χ4n) is 2.57. The van der Waals surface area contributed by atoms with Crippen molar-refractivity contribution in [2.45, 2.75) is 26.3 Å². The number of hydrogen-bond donors (Lipinski definition) is 3. The molecule has 140 valence electrons. The normalized spacial score (nSPS) is 12.0. The molecule has 7 nitrogen and oxygen atoms in total. The quantitative estimate of drug-likeness (QED) is 0.583. The van der Waals surface area contributed by atoms with Crippen molar-refractivity contribution in [3.8, 4) is 10.6 Å². The standard InChI is InChI=1S/C19H21N5O2S/c1-12(2)10-14(17(25)23-16-8-9-20-24-16)21-18(26)15-11-27-19(22-15)13-6-4-3-5-7-13/h3-9,11-12,14H,10H2,1-2H3,(H,21,26)(H2,20,23,24,25). The highest BCUT2D eigenvalue weighted by Crippen LogP contribution is 2.23. The van der Waals surface area contributed by atoms with Gasteiger partial charge >= 0.3 is 0 Å². The van der Waals surface area contributed by atoms with Crippen molar-refractivity contribution in [2.75, 3.05) is 5.32 Å². The van der Waals surface area contributed by atoms with Gasteiger partial charge in [0, 0.05) is 17.0 Å². The molecule has 2 heterocycles. The number of anilines is 1. The molecule has 3 aromatic rings. The van der Waals surface area contributed by atoms with E-state index < -0.39 is 6.04 Å². The van der Waals surface area contributed by atoms with Gasteiger partial charge in [0.05, 0.1) is 6.20 Å². The molecule has 0 aliphatic heterocycles. The molecule has 1 unspecified atom stereocenters. The maximum atomic E-state index is 12.6. The number of benzene rings is 1. The van der Waals surface area contributed by atoms with E-state index in [9.17, 15) is 9.59 Å². The van der Waals surface area contributed by atoms with Gasteiger partial charge in [-0.3, -0.25) is 14.7 Å². The second-order valence-electron chi connectivity index (χ2n) is 6.52. The number of H-pyrrole nitrogens is 1. The Hall–Kier alpha value is -3.00. The van der Waals surface area contributed by atoms with E-state index in [1.54, 1.807) is 17.6 Å². The lowest BCUT2D eigenvalue weighted by Crippen LogP contribution is -2.44. The zero-order valence-electron chi connectivity index (χ0n) is 15.1. The number of rotatable bonds is 7. The number of carbonyl (C=O) groups is 2. The van der Waals surface area contributed by atoms with Gasteiger partial charge in [0.1, 0.15) is 22.6 Å². The summed E-state index contributed by atoms with van der Waals surface area (Å²) in [5.74, 6) is 0.0693. The first-order valence-electron chi connectivity index (χ1n) is 8.65. The molecule has 0 saturated carbocycles. The number of carbonyl (C=O) groups excluding carboxylic acids is 2. The van der Waals surface area contributed by atoms with E-state index in [-0.39, 0.29) is 17.7 Å². The minimum absolute atomic E-state index is 0.234. The Bertz CT molecular complexity index is 890. The van der Waals surface area contributed by atoms with Crippen LogP contribution in [0.25, 0.3) is 10.6 Å². The molecule has 3 N–H and O–H groups in total. The fourth-order valence-corrected chi connectivity index (χ4v) is 3.38. The van der Waals surface area contributed by atoms with Crippen molar-refractivity contribution in [1.29, 1.82) is 0 Å². The molecule has 0 spiro atoms. The topological polar surface area (TPSA) is 99.8 Å². The third kappa shape index (κ3) is 5.01. The third-order valence-electron chi connectivity index (χ3n) is 3.85. The van der Waals surface area contributed by atoms with Crippen molar-refractivity contribution in [2.24, 2.45) is 5.92 Å². The summed E-state index contributed by atoms with van der Waals surface area (Å²) in [6.45, 7) is 4.00. The van der Waals surface area contributed by atoms with Gasteiger partial charge in [0.25, 0.3) is 5.91 Å². The molecule has 0 saturated heterocycles. The maximum Gasteiger partial charge on any atom is 0.271 e. The highest BCUT2D eigenvalue weighted by Gasteiger charge is 2.24. The van der Waals surface area contributed by atoms with E-state index in [1.807, 2.05) is 44.2 Å². The molecule has 8 heteroatoms. The molecule has 0 aliphatic rings. The number of hydrogen-bond acceptors (Lipinski definition) is 5. The lowest BCUT2D eigenvalue weighted by molar-refractivity contribution is -0.118. The van der Waals surface area contributed by atoms with Crippen molar-refractivity contribution in [1.82, 2.24) is 20.5 Å². The zero-order valence-corrected chi connectivity index (χ0v) is 15.9. The summed E-state index contributed by atoms with van der Waals surface area (Å²) in [5, 5.41) is 14.5. The SMILES string of the molecule is CC(C)CC(NC(=O)c1csc(-c2ccccc2)n1)C(=O)Nc1ccn[nH]1. The largest absolute Gasteiger partial charge is 0.339 e. The summed E-state index contributed by atoms with van der Waals surface area (Å²) in [6.07, 6.45) is 2.06. The fraction of sp³-hybridized carbons (Fsp3) is 0.263. The highest BCUT2D eigenvalue weighted by atomic mass is 32.1. The minimum Gasteiger partial charge on any atom is -0.339 e. The highest BCUT2D eigenvalue weighted by molar-refractivity contribution is 7.13. The first-order chi connectivity index (χ1) is 13.0. The second-order valence-corrected chi connectivity index (χ2v) is 7.38. The molecule has 1 aromatic carbocycles. The Morgan fingerprint density at radius 1 is 1.19 bits per heavy atom. The number of nitrogens with one attached hydrogen (secondary N) is 3. The van der Waals surface area contributed by atoms with Crippen molar-refractivity contribution < 1.29 is 9.59 Å². The average molecular weight is 383 g/mol. The van der Waals surface area contributed by atoms with Gasteiger partial charge in [0.2, 0.25) is 5.91 Å². The van der Waals surface area contributed by atoms with Crippen LogP contribution in [0.2, 0.25) is 0 Å². The van der Waals surface area contributed by atoms with Gasteiger partial charge in [-0.15, -0.1) is 11.3 Å². The molecule has 0 fully saturated rings. The summed E-state index contributed by atoms with van der Waals surface area (Å²) in [6, 6.07) is 10.7. The molecule has 2 amide bonds. The van der Waals surface area contributed by atoms with Gasteiger partial charge in [-0.1, -0.05) is 44.2 Å². The van der Waals surface area contributed by atoms with Crippen LogP contribution in [0.5, 0.6) is 0 Å². The number of nitrogens with zero attached hydrogens (tertiary/aromatic N) is 2. The second kappa shape index (κ2) is 8.59. The molecule has 0 aliphatic carbocycles. The molecule has 27 heavy (non-hydrogen) atoms. The van der Waals surface area contributed by atoms with E-state index in [1.165, 1.54) is 11.3 Å². The molecule has 2 aromatic heterocycles. The minimum atomic E-state index is -0.664. The monoisotopic (exact) mass is 383 g/mol. The summed E-state index contributed by atoms with van der Waals surface area (Å²) in [7, 11) is 0. The molecular weight excluding hydrogens is 362 g/mol. The van der Waals surface area contributed by atoms with Crippen molar-refractivity contribution in [3.05, 3.63) is 53.7 Å². The summed E-state index contributed by atoms with van der Waals surface area (Å²) >= 11 is 1.40. The van der Waals surface area contributed by atoms with Crippen LogP contribution < -0.4 is 10.6 Å². The van der Waals surface area contributed by atoms with Crippen LogP contribution in [-0.2, 0) is 4.79 Å². The van der Waals surface area contributed by atoms with Crippen LogP contribution >= 0.6 is 11.3 Å². The van der Waals surface area contributed by atoms with Gasteiger partial charge in [0.15, 0.2) is 0 Å². The van der Waals surface area contributed by atoms with E-state index in [2.05, 4.69) is 25.8 Å². The van der Waals surface area contributed by atoms with Gasteiger partial charge in [-0.2, -0.15) is 5.10 Å². The average Bonchev–Trinajstić information content (AvgIpc) is 3.33. The first kappa shape index (κ1) is 18.8. The van der Waals surface area contributed by atoms with Gasteiger partial charge in [-0.25, -0.2) is 4.98 Å². The van der Waals surface area contributed by atoms with E-state index in [0.29, 0.717) is 17.9 Å². The first-order valence-corrected chi connectivity index (χ1v) is 9.53. The van der Waals surface area contributed by atoms with Crippen LogP contribution in [0.1, 0.15) is 30.8 Å². The smallest absolute Gasteiger partial charge is 0.271 e. The van der Waals surface area contributed by atoms with E-state index >= 15 is 0 Å². The van der Waals surface area contributed by atoms with Gasteiger partial charge in [-0.05, 0) is 12.3 Å². The Labute approximate surface area is 161 Å². The Morgan fingerprint density at radius 3 is 2.63 bits per heavy atom. The van der Waals surface area contributed by atoms with Crippen LogP contribution in [0.15, 0.2) is 48.0 Å². The van der Waals surface area contributed by atoms with E-state index in [0.717, 1.165) is 10.6 Å². The van der Waals surface area contributed by atoms with Crippen LogP contribution in [0.3, 0.4) is 0 Å². The van der Waals surface area contributed by atoms with Gasteiger partial charge < -0.3 is 10.6 Å². The summed E-state index contributed by atoms with van der Waals surface area (Å²) < 4.78 is 0. The number of aromatic nitrogens is 3. The van der Waals surface area contributed by atoms with Crippen molar-refractivity contribution in [3.63, 3.8) is 0 Å². The van der Waals surface area contributed by atoms with Crippen LogP contribution in [-0.4, -0.2) is 33.0 Å². The van der Waals surface area contributed by atoms with Crippen LogP contribution in [0.4, 0.5) is 5.82 Å². The van der Waals surface area contributed by atoms with E-state index in [4.69, 9.17) is 0 Å².